The molecule has 288 valence electrons. The fourth-order valence-corrected chi connectivity index (χ4v) is 9.10. The van der Waals surface area contributed by atoms with Gasteiger partial charge in [0.1, 0.15) is 25.3 Å². The number of rotatable bonds is 12. The van der Waals surface area contributed by atoms with Crippen molar-refractivity contribution in [2.45, 2.75) is 90.4 Å². The number of benzene rings is 2. The summed E-state index contributed by atoms with van der Waals surface area (Å²) in [5, 5.41) is 2.06. The lowest BCUT2D eigenvalue weighted by molar-refractivity contribution is -0.142. The van der Waals surface area contributed by atoms with Crippen molar-refractivity contribution in [1.29, 1.82) is 0 Å². The summed E-state index contributed by atoms with van der Waals surface area (Å²) in [5.41, 5.74) is 3.62. The molecule has 3 aromatic rings. The van der Waals surface area contributed by atoms with Gasteiger partial charge in [0.25, 0.3) is 0 Å². The van der Waals surface area contributed by atoms with Gasteiger partial charge in [-0.15, -0.1) is 0 Å². The molecule has 0 bridgehead atoms. The number of aromatic nitrogens is 1. The lowest BCUT2D eigenvalue weighted by Crippen LogP contribution is -2.54. The molecule has 0 unspecified atom stereocenters. The third-order valence-electron chi connectivity index (χ3n) is 11.7. The van der Waals surface area contributed by atoms with Crippen LogP contribution < -0.4 is 0 Å². The molecular weight excluding hydrogens is 690 g/mol. The SMILES string of the molecule is CC(C)[C@@H](C(=O)N1CCC[C@H]1C(=O)Cc1ccc2c3ccc(CC(=O)[C@@H]4CCCN4C(=O)[C@H](C(C)C)N4CCOC4=O)cc3n(C)c2c1)N1CCOC1=O. The Bertz CT molecular complexity index is 1860. The molecule has 7 rings (SSSR count). The standard InChI is InChI=1S/C41H51N5O8/c1-24(2)36(45-16-18-53-40(45)51)38(49)43-14-6-8-30(43)34(47)22-26-10-12-28-29-13-11-27(21-33(29)42(5)32(28)20-26)23-35(48)31-9-7-15-44(31)39(50)37(25(3)4)46-17-19-54-41(46)52/h10-13,20-21,24-25,30-31,36-37H,6-9,14-19,22-23H2,1-5H3/t30-,31-,36-,37-/m0/s1. The molecule has 4 aliphatic heterocycles. The van der Waals surface area contributed by atoms with Crippen molar-refractivity contribution >= 4 is 57.4 Å². The second kappa shape index (κ2) is 15.1. The van der Waals surface area contributed by atoms with E-state index in [9.17, 15) is 28.8 Å². The number of hydrogen-bond acceptors (Lipinski definition) is 8. The summed E-state index contributed by atoms with van der Waals surface area (Å²) in [6, 6.07) is 9.62. The van der Waals surface area contributed by atoms with E-state index in [1.165, 1.54) is 9.80 Å². The zero-order valence-corrected chi connectivity index (χ0v) is 31.9. The second-order valence-corrected chi connectivity index (χ2v) is 15.9. The number of Topliss-reactive ketones (excluding diaryl/α,β-unsaturated/α-hetero) is 2. The number of hydrogen-bond donors (Lipinski definition) is 0. The van der Waals surface area contributed by atoms with Crippen LogP contribution >= 0.6 is 0 Å². The first kappa shape index (κ1) is 37.4. The Morgan fingerprint density at radius 3 is 1.41 bits per heavy atom. The maximum absolute atomic E-state index is 13.8. The molecule has 0 N–H and O–H groups in total. The van der Waals surface area contributed by atoms with E-state index < -0.39 is 36.4 Å². The zero-order chi connectivity index (χ0) is 38.4. The predicted octanol–water partition coefficient (Wildman–Crippen LogP) is 4.49. The van der Waals surface area contributed by atoms with E-state index in [1.54, 1.807) is 9.80 Å². The number of fused-ring (bicyclic) bond motifs is 3. The largest absolute Gasteiger partial charge is 0.448 e. The van der Waals surface area contributed by atoms with Crippen LogP contribution in [-0.2, 0) is 48.5 Å². The van der Waals surface area contributed by atoms with Gasteiger partial charge in [-0.1, -0.05) is 52.0 Å². The van der Waals surface area contributed by atoms with Crippen LogP contribution in [0.5, 0.6) is 0 Å². The molecule has 13 nitrogen and oxygen atoms in total. The summed E-state index contributed by atoms with van der Waals surface area (Å²) in [6.45, 7) is 9.85. The highest BCUT2D eigenvalue weighted by Crippen LogP contribution is 2.32. The minimum atomic E-state index is -0.667. The van der Waals surface area contributed by atoms with E-state index in [0.29, 0.717) is 39.0 Å². The van der Waals surface area contributed by atoms with Gasteiger partial charge in [-0.3, -0.25) is 29.0 Å². The molecule has 0 spiro atoms. The Hall–Kier alpha value is -4.94. The molecule has 54 heavy (non-hydrogen) atoms. The summed E-state index contributed by atoms with van der Waals surface area (Å²) in [6.07, 6.45) is 2.03. The van der Waals surface area contributed by atoms with Crippen molar-refractivity contribution in [3.05, 3.63) is 47.5 Å². The zero-order valence-electron chi connectivity index (χ0n) is 31.9. The Kier molecular flexibility index (Phi) is 10.4. The molecule has 0 aliphatic carbocycles. The van der Waals surface area contributed by atoms with Gasteiger partial charge in [0.05, 0.1) is 25.2 Å². The summed E-state index contributed by atoms with van der Waals surface area (Å²) in [5.74, 6) is -0.687. The van der Waals surface area contributed by atoms with Crippen molar-refractivity contribution in [3.8, 4) is 0 Å². The van der Waals surface area contributed by atoms with Crippen LogP contribution in [0.2, 0.25) is 0 Å². The number of amides is 4. The number of likely N-dealkylation sites (tertiary alicyclic amines) is 2. The van der Waals surface area contributed by atoms with E-state index in [4.69, 9.17) is 9.47 Å². The summed E-state index contributed by atoms with van der Waals surface area (Å²) in [4.78, 5) is 86.2. The predicted molar refractivity (Wildman–Crippen MR) is 201 cm³/mol. The van der Waals surface area contributed by atoms with Crippen molar-refractivity contribution in [1.82, 2.24) is 24.2 Å². The van der Waals surface area contributed by atoms with Gasteiger partial charge in [0.2, 0.25) is 11.8 Å². The maximum Gasteiger partial charge on any atom is 0.410 e. The Morgan fingerprint density at radius 1 is 0.648 bits per heavy atom. The maximum atomic E-state index is 13.8. The summed E-state index contributed by atoms with van der Waals surface area (Å²) < 4.78 is 12.3. The van der Waals surface area contributed by atoms with E-state index >= 15 is 0 Å². The molecule has 4 atom stereocenters. The number of ether oxygens (including phenoxy) is 2. The average Bonchev–Trinajstić information content (AvgIpc) is 3.98. The van der Waals surface area contributed by atoms with Gasteiger partial charge in [-0.25, -0.2) is 9.59 Å². The van der Waals surface area contributed by atoms with Crippen LogP contribution in [0, 0.1) is 11.8 Å². The first-order valence-corrected chi connectivity index (χ1v) is 19.4. The topological polar surface area (TPSA) is 139 Å². The average molecular weight is 742 g/mol. The van der Waals surface area contributed by atoms with Crippen LogP contribution in [0.25, 0.3) is 21.8 Å². The summed E-state index contributed by atoms with van der Waals surface area (Å²) in [7, 11) is 1.97. The highest BCUT2D eigenvalue weighted by Gasteiger charge is 2.44. The van der Waals surface area contributed by atoms with Crippen molar-refractivity contribution in [2.75, 3.05) is 39.4 Å². The Morgan fingerprint density at radius 2 is 1.06 bits per heavy atom. The number of carbonyl (C=O) groups excluding carboxylic acids is 6. The second-order valence-electron chi connectivity index (χ2n) is 15.9. The van der Waals surface area contributed by atoms with Crippen molar-refractivity contribution in [2.24, 2.45) is 18.9 Å². The third-order valence-corrected chi connectivity index (χ3v) is 11.7. The number of cyclic esters (lactones) is 2. The van der Waals surface area contributed by atoms with Crippen LogP contribution in [-0.4, -0.2) is 123 Å². The lowest BCUT2D eigenvalue weighted by Gasteiger charge is -2.34. The monoisotopic (exact) mass is 741 g/mol. The number of nitrogens with zero attached hydrogens (tertiary/aromatic N) is 5. The lowest BCUT2D eigenvalue weighted by atomic mass is 9.97. The highest BCUT2D eigenvalue weighted by atomic mass is 16.6. The van der Waals surface area contributed by atoms with E-state index in [2.05, 4.69) is 4.57 Å². The fourth-order valence-electron chi connectivity index (χ4n) is 9.10. The molecule has 2 aromatic carbocycles. The van der Waals surface area contributed by atoms with Gasteiger partial charge < -0.3 is 23.8 Å². The van der Waals surface area contributed by atoms with Gasteiger partial charge in [-0.05, 0) is 60.8 Å². The third kappa shape index (κ3) is 6.81. The smallest absolute Gasteiger partial charge is 0.410 e. The highest BCUT2D eigenvalue weighted by molar-refractivity contribution is 6.09. The minimum absolute atomic E-state index is 0.0224. The quantitative estimate of drug-likeness (QED) is 0.265. The molecule has 0 saturated carbocycles. The van der Waals surface area contributed by atoms with Crippen LogP contribution in [0.15, 0.2) is 36.4 Å². The van der Waals surface area contributed by atoms with Crippen LogP contribution in [0.3, 0.4) is 0 Å². The van der Waals surface area contributed by atoms with E-state index in [-0.39, 0.29) is 61.3 Å². The fraction of sp³-hybridized carbons (Fsp3) is 0.561. The van der Waals surface area contributed by atoms with E-state index in [0.717, 1.165) is 45.8 Å². The van der Waals surface area contributed by atoms with Gasteiger partial charge in [0.15, 0.2) is 11.6 Å². The molecule has 13 heteroatoms. The Labute approximate surface area is 315 Å². The summed E-state index contributed by atoms with van der Waals surface area (Å²) >= 11 is 0. The molecule has 5 heterocycles. The van der Waals surface area contributed by atoms with Crippen molar-refractivity contribution < 1.29 is 38.2 Å². The molecule has 0 radical (unpaired) electrons. The normalized spacial score (nSPS) is 21.5. The van der Waals surface area contributed by atoms with Gasteiger partial charge in [0, 0.05) is 54.8 Å². The molecule has 1 aromatic heterocycles. The first-order chi connectivity index (χ1) is 25.8. The molecule has 4 aliphatic rings. The minimum Gasteiger partial charge on any atom is -0.448 e. The van der Waals surface area contributed by atoms with Crippen LogP contribution in [0.1, 0.15) is 64.5 Å². The number of aryl methyl sites for hydroxylation is 1. The number of ketones is 2. The molecule has 4 amide bonds. The van der Waals surface area contributed by atoms with Crippen molar-refractivity contribution in [3.63, 3.8) is 0 Å². The Balaban J connectivity index is 1.05. The van der Waals surface area contributed by atoms with E-state index in [1.807, 2.05) is 71.1 Å². The number of carbonyl (C=O) groups is 6. The first-order valence-electron chi connectivity index (χ1n) is 19.4. The van der Waals surface area contributed by atoms with Gasteiger partial charge in [-0.2, -0.15) is 0 Å². The van der Waals surface area contributed by atoms with Crippen LogP contribution in [0.4, 0.5) is 9.59 Å². The molecule has 4 saturated heterocycles. The molecular formula is C41H51N5O8. The van der Waals surface area contributed by atoms with Gasteiger partial charge >= 0.3 is 12.2 Å². The molecule has 4 fully saturated rings.